The fraction of sp³-hybridized carbons (Fsp3) is 0.429. The maximum atomic E-state index is 5.44. The Labute approximate surface area is 96.9 Å². The summed E-state index contributed by atoms with van der Waals surface area (Å²) in [6.45, 7) is 9.46. The summed E-state index contributed by atoms with van der Waals surface area (Å²) in [5.74, 6) is 1.56. The molecule has 1 heterocycles. The number of benzene rings is 1. The number of hydrogen-bond donors (Lipinski definition) is 0. The van der Waals surface area contributed by atoms with E-state index in [1.54, 1.807) is 0 Å². The lowest BCUT2D eigenvalue weighted by Gasteiger charge is -2.41. The predicted octanol–water partition coefficient (Wildman–Crippen LogP) is 3.28. The highest BCUT2D eigenvalue weighted by Crippen LogP contribution is 2.36. The second-order valence-corrected chi connectivity index (χ2v) is 4.46. The lowest BCUT2D eigenvalue weighted by molar-refractivity contribution is -0.0620. The number of rotatable bonds is 4. The summed E-state index contributed by atoms with van der Waals surface area (Å²) in [6.07, 6.45) is 1.12. The van der Waals surface area contributed by atoms with E-state index in [0.29, 0.717) is 5.76 Å². The molecule has 1 saturated heterocycles. The second kappa shape index (κ2) is 4.30. The summed E-state index contributed by atoms with van der Waals surface area (Å²) in [5.41, 5.74) is 1.58. The summed E-state index contributed by atoms with van der Waals surface area (Å²) < 4.78 is 10.8. The van der Waals surface area contributed by atoms with Crippen LogP contribution < -0.4 is 4.74 Å². The van der Waals surface area contributed by atoms with E-state index >= 15 is 0 Å². The number of hydrogen-bond acceptors (Lipinski definition) is 2. The van der Waals surface area contributed by atoms with Crippen molar-refractivity contribution >= 4 is 0 Å². The van der Waals surface area contributed by atoms with Gasteiger partial charge in [0.25, 0.3) is 0 Å². The Morgan fingerprint density at radius 3 is 2.38 bits per heavy atom. The van der Waals surface area contributed by atoms with Crippen molar-refractivity contribution in [2.75, 3.05) is 13.2 Å². The van der Waals surface area contributed by atoms with E-state index in [1.807, 2.05) is 19.1 Å². The molecule has 0 aromatic heterocycles. The quantitative estimate of drug-likeness (QED) is 0.722. The lowest BCUT2D eigenvalue weighted by atomic mass is 9.76. The van der Waals surface area contributed by atoms with Crippen molar-refractivity contribution in [2.45, 2.75) is 25.7 Å². The highest BCUT2D eigenvalue weighted by molar-refractivity contribution is 5.34. The molecule has 0 saturated carbocycles. The van der Waals surface area contributed by atoms with Gasteiger partial charge in [0.1, 0.15) is 5.75 Å². The summed E-state index contributed by atoms with van der Waals surface area (Å²) in [5, 5.41) is 0. The fourth-order valence-corrected chi connectivity index (χ4v) is 2.00. The van der Waals surface area contributed by atoms with Crippen molar-refractivity contribution < 1.29 is 9.47 Å². The SMILES string of the molecule is C=C(C)Oc1ccc(C2(CC)COC2)cc1. The summed E-state index contributed by atoms with van der Waals surface area (Å²) in [7, 11) is 0. The third-order valence-corrected chi connectivity index (χ3v) is 3.19. The van der Waals surface area contributed by atoms with Crippen molar-refractivity contribution in [1.82, 2.24) is 0 Å². The molecule has 0 radical (unpaired) electrons. The van der Waals surface area contributed by atoms with Crippen LogP contribution in [0.15, 0.2) is 36.6 Å². The average Bonchev–Trinajstić information content (AvgIpc) is 2.19. The Balaban J connectivity index is 2.15. The zero-order chi connectivity index (χ0) is 11.6. The first kappa shape index (κ1) is 11.2. The van der Waals surface area contributed by atoms with Crippen LogP contribution >= 0.6 is 0 Å². The van der Waals surface area contributed by atoms with Gasteiger partial charge in [-0.25, -0.2) is 0 Å². The molecule has 0 unspecified atom stereocenters. The van der Waals surface area contributed by atoms with Gasteiger partial charge in [0.15, 0.2) is 0 Å². The highest BCUT2D eigenvalue weighted by atomic mass is 16.5. The Morgan fingerprint density at radius 1 is 1.38 bits per heavy atom. The zero-order valence-corrected chi connectivity index (χ0v) is 9.95. The van der Waals surface area contributed by atoms with Crippen molar-refractivity contribution in [2.24, 2.45) is 0 Å². The van der Waals surface area contributed by atoms with Gasteiger partial charge in [-0.1, -0.05) is 25.6 Å². The Morgan fingerprint density at radius 2 is 2.00 bits per heavy atom. The van der Waals surface area contributed by atoms with Crippen molar-refractivity contribution in [3.05, 3.63) is 42.2 Å². The molecule has 1 aromatic rings. The molecule has 0 spiro atoms. The molecular formula is C14H18O2. The monoisotopic (exact) mass is 218 g/mol. The number of allylic oxidation sites excluding steroid dienone is 1. The van der Waals surface area contributed by atoms with Gasteiger partial charge in [0.2, 0.25) is 0 Å². The first-order valence-corrected chi connectivity index (χ1v) is 5.68. The maximum Gasteiger partial charge on any atom is 0.126 e. The molecule has 0 bridgehead atoms. The van der Waals surface area contributed by atoms with Crippen molar-refractivity contribution in [3.63, 3.8) is 0 Å². The topological polar surface area (TPSA) is 18.5 Å². The van der Waals surface area contributed by atoms with Crippen LogP contribution in [-0.2, 0) is 10.2 Å². The van der Waals surface area contributed by atoms with E-state index in [1.165, 1.54) is 5.56 Å². The highest BCUT2D eigenvalue weighted by Gasteiger charge is 2.38. The van der Waals surface area contributed by atoms with Crippen LogP contribution in [0.25, 0.3) is 0 Å². The summed E-state index contributed by atoms with van der Waals surface area (Å²) >= 11 is 0. The minimum atomic E-state index is 0.238. The van der Waals surface area contributed by atoms with Gasteiger partial charge in [-0.3, -0.25) is 0 Å². The molecule has 1 aliphatic rings. The zero-order valence-electron chi connectivity index (χ0n) is 9.95. The smallest absolute Gasteiger partial charge is 0.126 e. The molecule has 16 heavy (non-hydrogen) atoms. The molecule has 2 heteroatoms. The van der Waals surface area contributed by atoms with Crippen LogP contribution in [0.3, 0.4) is 0 Å². The first-order valence-electron chi connectivity index (χ1n) is 5.68. The van der Waals surface area contributed by atoms with Crippen LogP contribution in [0, 0.1) is 0 Å². The van der Waals surface area contributed by atoms with Crippen LogP contribution in [-0.4, -0.2) is 13.2 Å². The normalized spacial score (nSPS) is 17.6. The van der Waals surface area contributed by atoms with E-state index in [2.05, 4.69) is 25.6 Å². The second-order valence-electron chi connectivity index (χ2n) is 4.46. The van der Waals surface area contributed by atoms with Gasteiger partial charge in [0, 0.05) is 5.41 Å². The average molecular weight is 218 g/mol. The largest absolute Gasteiger partial charge is 0.463 e. The van der Waals surface area contributed by atoms with Crippen molar-refractivity contribution in [3.8, 4) is 5.75 Å². The van der Waals surface area contributed by atoms with Crippen LogP contribution in [0.2, 0.25) is 0 Å². The van der Waals surface area contributed by atoms with Gasteiger partial charge in [-0.15, -0.1) is 0 Å². The van der Waals surface area contributed by atoms with Gasteiger partial charge < -0.3 is 9.47 Å². The van der Waals surface area contributed by atoms with E-state index in [-0.39, 0.29) is 5.41 Å². The van der Waals surface area contributed by atoms with Crippen LogP contribution in [0.1, 0.15) is 25.8 Å². The molecule has 86 valence electrons. The maximum absolute atomic E-state index is 5.44. The van der Waals surface area contributed by atoms with Gasteiger partial charge >= 0.3 is 0 Å². The first-order chi connectivity index (χ1) is 7.66. The minimum absolute atomic E-state index is 0.238. The molecule has 0 aliphatic carbocycles. The van der Waals surface area contributed by atoms with E-state index in [4.69, 9.17) is 9.47 Å². The standard InChI is InChI=1S/C14H18O2/c1-4-14(9-15-10-14)12-5-7-13(8-6-12)16-11(2)3/h5-8H,2,4,9-10H2,1,3H3. The van der Waals surface area contributed by atoms with Gasteiger partial charge in [-0.2, -0.15) is 0 Å². The Hall–Kier alpha value is -1.28. The fourth-order valence-electron chi connectivity index (χ4n) is 2.00. The molecule has 2 nitrogen and oxygen atoms in total. The van der Waals surface area contributed by atoms with Crippen LogP contribution in [0.4, 0.5) is 0 Å². The molecule has 1 fully saturated rings. The van der Waals surface area contributed by atoms with Crippen LogP contribution in [0.5, 0.6) is 5.75 Å². The Bertz CT molecular complexity index is 369. The van der Waals surface area contributed by atoms with Crippen molar-refractivity contribution in [1.29, 1.82) is 0 Å². The summed E-state index contributed by atoms with van der Waals surface area (Å²) in [6, 6.07) is 8.26. The molecular weight excluding hydrogens is 200 g/mol. The summed E-state index contributed by atoms with van der Waals surface area (Å²) in [4.78, 5) is 0. The minimum Gasteiger partial charge on any atom is -0.463 e. The van der Waals surface area contributed by atoms with E-state index in [0.717, 1.165) is 25.4 Å². The number of ether oxygens (including phenoxy) is 2. The van der Waals surface area contributed by atoms with Gasteiger partial charge in [0.05, 0.1) is 19.0 Å². The molecule has 0 amide bonds. The Kier molecular flexibility index (Phi) is 3.01. The molecule has 1 aliphatic heterocycles. The molecule has 0 N–H and O–H groups in total. The third kappa shape index (κ3) is 1.98. The molecule has 1 aromatic carbocycles. The molecule has 2 rings (SSSR count). The predicted molar refractivity (Wildman–Crippen MR) is 64.7 cm³/mol. The van der Waals surface area contributed by atoms with E-state index < -0.39 is 0 Å². The van der Waals surface area contributed by atoms with E-state index in [9.17, 15) is 0 Å². The molecule has 0 atom stereocenters. The lowest BCUT2D eigenvalue weighted by Crippen LogP contribution is -2.46. The van der Waals surface area contributed by atoms with Gasteiger partial charge in [-0.05, 0) is 31.0 Å². The third-order valence-electron chi connectivity index (χ3n) is 3.19.